The Balaban J connectivity index is 3.04. The molecule has 0 saturated heterocycles. The maximum Gasteiger partial charge on any atom is 0.137 e. The third-order valence-corrected chi connectivity index (χ3v) is 2.18. The Morgan fingerprint density at radius 1 is 1.46 bits per heavy atom. The Kier molecular flexibility index (Phi) is 3.18. The highest BCUT2D eigenvalue weighted by atomic mass is 19.1. The maximum absolute atomic E-state index is 13.2. The average molecular weight is 180 g/mol. The van der Waals surface area contributed by atoms with E-state index in [0.717, 1.165) is 0 Å². The van der Waals surface area contributed by atoms with Crippen LogP contribution in [0.1, 0.15) is 31.7 Å². The number of halogens is 1. The molecule has 0 aliphatic carbocycles. The summed E-state index contributed by atoms with van der Waals surface area (Å²) in [7, 11) is 0. The molecule has 0 heterocycles. The van der Waals surface area contributed by atoms with Crippen LogP contribution in [-0.2, 0) is 4.79 Å². The van der Waals surface area contributed by atoms with E-state index in [4.69, 9.17) is 0 Å². The van der Waals surface area contributed by atoms with Gasteiger partial charge in [0.05, 0.1) is 0 Å². The number of carbonyl (C=O) groups is 1. The minimum absolute atomic E-state index is 0.0209. The number of hydrogen-bond donors (Lipinski definition) is 0. The van der Waals surface area contributed by atoms with Crippen LogP contribution in [0.25, 0.3) is 0 Å². The summed E-state index contributed by atoms with van der Waals surface area (Å²) in [4.78, 5) is 11.2. The average Bonchev–Trinajstić information content (AvgIpc) is 2.09. The number of hydrogen-bond acceptors (Lipinski definition) is 1. The van der Waals surface area contributed by atoms with Crippen LogP contribution in [0.5, 0.6) is 0 Å². The van der Waals surface area contributed by atoms with Crippen molar-refractivity contribution in [3.05, 3.63) is 35.6 Å². The molecule has 1 nitrogen and oxygen atoms in total. The summed E-state index contributed by atoms with van der Waals surface area (Å²) >= 11 is 0. The minimum Gasteiger partial charge on any atom is -0.299 e. The zero-order valence-electron chi connectivity index (χ0n) is 7.88. The van der Waals surface area contributed by atoms with Crippen LogP contribution in [-0.4, -0.2) is 5.78 Å². The standard InChI is InChI=1S/C11H13FO/c1-3-9(8(2)13)10-6-4-5-7-11(10)12/h4-7,9H,3H2,1-2H3. The summed E-state index contributed by atoms with van der Waals surface area (Å²) in [5, 5.41) is 0. The Labute approximate surface area is 77.6 Å². The fourth-order valence-corrected chi connectivity index (χ4v) is 1.48. The zero-order chi connectivity index (χ0) is 9.84. The Bertz CT molecular complexity index is 307. The normalized spacial score (nSPS) is 12.5. The third-order valence-electron chi connectivity index (χ3n) is 2.18. The number of rotatable bonds is 3. The highest BCUT2D eigenvalue weighted by molar-refractivity contribution is 5.83. The lowest BCUT2D eigenvalue weighted by Crippen LogP contribution is -2.09. The molecule has 0 N–H and O–H groups in total. The fourth-order valence-electron chi connectivity index (χ4n) is 1.48. The second-order valence-electron chi connectivity index (χ2n) is 3.09. The van der Waals surface area contributed by atoms with Gasteiger partial charge in [0.25, 0.3) is 0 Å². The lowest BCUT2D eigenvalue weighted by Gasteiger charge is -2.11. The predicted octanol–water partition coefficient (Wildman–Crippen LogP) is 2.91. The second-order valence-corrected chi connectivity index (χ2v) is 3.09. The molecule has 0 amide bonds. The van der Waals surface area contributed by atoms with Crippen LogP contribution in [0.3, 0.4) is 0 Å². The smallest absolute Gasteiger partial charge is 0.137 e. The Morgan fingerprint density at radius 3 is 2.54 bits per heavy atom. The molecule has 0 aliphatic rings. The van der Waals surface area contributed by atoms with Gasteiger partial charge in [-0.1, -0.05) is 25.1 Å². The van der Waals surface area contributed by atoms with E-state index in [-0.39, 0.29) is 17.5 Å². The number of Topliss-reactive ketones (excluding diaryl/α,β-unsaturated/α-hetero) is 1. The fraction of sp³-hybridized carbons (Fsp3) is 0.364. The molecule has 0 fully saturated rings. The number of carbonyl (C=O) groups excluding carboxylic acids is 1. The Morgan fingerprint density at radius 2 is 2.08 bits per heavy atom. The van der Waals surface area contributed by atoms with Gasteiger partial charge >= 0.3 is 0 Å². The van der Waals surface area contributed by atoms with Gasteiger partial charge in [0, 0.05) is 5.92 Å². The van der Waals surface area contributed by atoms with E-state index >= 15 is 0 Å². The summed E-state index contributed by atoms with van der Waals surface area (Å²) in [5.74, 6) is -0.557. The molecule has 70 valence electrons. The van der Waals surface area contributed by atoms with Gasteiger partial charge in [0.1, 0.15) is 11.6 Å². The lowest BCUT2D eigenvalue weighted by atomic mass is 9.93. The van der Waals surface area contributed by atoms with E-state index in [1.807, 2.05) is 6.92 Å². The summed E-state index contributed by atoms with van der Waals surface area (Å²) < 4.78 is 13.2. The first-order chi connectivity index (χ1) is 6.16. The van der Waals surface area contributed by atoms with Crippen molar-refractivity contribution in [2.75, 3.05) is 0 Å². The van der Waals surface area contributed by atoms with Gasteiger partial charge in [0.2, 0.25) is 0 Å². The van der Waals surface area contributed by atoms with E-state index in [2.05, 4.69) is 0 Å². The van der Waals surface area contributed by atoms with E-state index in [1.54, 1.807) is 18.2 Å². The van der Waals surface area contributed by atoms with Crippen molar-refractivity contribution in [1.82, 2.24) is 0 Å². The molecule has 1 rings (SSSR count). The molecule has 2 heteroatoms. The van der Waals surface area contributed by atoms with Crippen LogP contribution in [0.4, 0.5) is 4.39 Å². The van der Waals surface area contributed by atoms with Gasteiger partial charge < -0.3 is 0 Å². The van der Waals surface area contributed by atoms with Gasteiger partial charge in [-0.05, 0) is 25.0 Å². The van der Waals surface area contributed by atoms with Crippen molar-refractivity contribution in [3.8, 4) is 0 Å². The highest BCUT2D eigenvalue weighted by Crippen LogP contribution is 2.22. The first kappa shape index (κ1) is 9.90. The van der Waals surface area contributed by atoms with Crippen molar-refractivity contribution < 1.29 is 9.18 Å². The van der Waals surface area contributed by atoms with Crippen LogP contribution in [0, 0.1) is 5.82 Å². The highest BCUT2D eigenvalue weighted by Gasteiger charge is 2.17. The SMILES string of the molecule is CCC(C(C)=O)c1ccccc1F. The summed E-state index contributed by atoms with van der Waals surface area (Å²) in [5.41, 5.74) is 0.512. The quantitative estimate of drug-likeness (QED) is 0.699. The molecule has 0 radical (unpaired) electrons. The van der Waals surface area contributed by atoms with Crippen molar-refractivity contribution >= 4 is 5.78 Å². The van der Waals surface area contributed by atoms with Gasteiger partial charge in [-0.2, -0.15) is 0 Å². The first-order valence-electron chi connectivity index (χ1n) is 4.41. The molecule has 1 atom stereocenters. The predicted molar refractivity (Wildman–Crippen MR) is 50.1 cm³/mol. The molecule has 1 aromatic carbocycles. The van der Waals surface area contributed by atoms with Crippen LogP contribution in [0.2, 0.25) is 0 Å². The molecule has 0 bridgehead atoms. The Hall–Kier alpha value is -1.18. The molecule has 0 saturated carbocycles. The van der Waals surface area contributed by atoms with E-state index in [9.17, 15) is 9.18 Å². The van der Waals surface area contributed by atoms with Gasteiger partial charge in [-0.15, -0.1) is 0 Å². The van der Waals surface area contributed by atoms with E-state index in [0.29, 0.717) is 12.0 Å². The summed E-state index contributed by atoms with van der Waals surface area (Å²) in [6, 6.07) is 6.45. The molecule has 0 spiro atoms. The summed E-state index contributed by atoms with van der Waals surface area (Å²) in [6.07, 6.45) is 0.649. The molecule has 0 aliphatic heterocycles. The monoisotopic (exact) mass is 180 g/mol. The van der Waals surface area contributed by atoms with E-state index in [1.165, 1.54) is 13.0 Å². The molecule has 1 unspecified atom stereocenters. The van der Waals surface area contributed by atoms with Crippen molar-refractivity contribution in [2.24, 2.45) is 0 Å². The molecular formula is C11H13FO. The topological polar surface area (TPSA) is 17.1 Å². The zero-order valence-corrected chi connectivity index (χ0v) is 7.88. The molecule has 1 aromatic rings. The van der Waals surface area contributed by atoms with Crippen molar-refractivity contribution in [2.45, 2.75) is 26.2 Å². The lowest BCUT2D eigenvalue weighted by molar-refractivity contribution is -0.118. The van der Waals surface area contributed by atoms with Crippen LogP contribution < -0.4 is 0 Å². The molecule has 0 aromatic heterocycles. The summed E-state index contributed by atoms with van der Waals surface area (Å²) in [6.45, 7) is 3.39. The number of benzene rings is 1. The second kappa shape index (κ2) is 4.17. The van der Waals surface area contributed by atoms with Crippen LogP contribution >= 0.6 is 0 Å². The molecule has 13 heavy (non-hydrogen) atoms. The van der Waals surface area contributed by atoms with Gasteiger partial charge in [0.15, 0.2) is 0 Å². The van der Waals surface area contributed by atoms with Gasteiger partial charge in [-0.3, -0.25) is 4.79 Å². The van der Waals surface area contributed by atoms with Gasteiger partial charge in [-0.25, -0.2) is 4.39 Å². The molecular weight excluding hydrogens is 167 g/mol. The van der Waals surface area contributed by atoms with Crippen LogP contribution in [0.15, 0.2) is 24.3 Å². The van der Waals surface area contributed by atoms with Crippen molar-refractivity contribution in [1.29, 1.82) is 0 Å². The maximum atomic E-state index is 13.2. The van der Waals surface area contributed by atoms with Crippen molar-refractivity contribution in [3.63, 3.8) is 0 Å². The third kappa shape index (κ3) is 2.14. The minimum atomic E-state index is -0.291. The number of ketones is 1. The van der Waals surface area contributed by atoms with E-state index < -0.39 is 0 Å². The first-order valence-corrected chi connectivity index (χ1v) is 4.41. The largest absolute Gasteiger partial charge is 0.299 e.